The van der Waals surface area contributed by atoms with E-state index in [4.69, 9.17) is 0 Å². The van der Waals surface area contributed by atoms with E-state index < -0.39 is 0 Å². The molecule has 0 N–H and O–H groups in total. The van der Waals surface area contributed by atoms with Gasteiger partial charge < -0.3 is 24.8 Å². The summed E-state index contributed by atoms with van der Waals surface area (Å²) in [6, 6.07) is 34.5. The standard InChI is InChI=1S/C24H29.C12H7Si.2ClH.Zr/c1-7-8-18-9-10-19-14-21(24(4,5)6)15-22(19)23(18)20-12-16(2)11-17(3)13-20;1-3-7-11-9(5-1)10-6-2-4-8-12(10)13-11;;;/h9-15H,7-8H2,1-6H3;1-7H;2*1H;/q2*-1;;;+4/p-2. The molecule has 0 saturated heterocycles. The summed E-state index contributed by atoms with van der Waals surface area (Å²) >= 11 is 0. The summed E-state index contributed by atoms with van der Waals surface area (Å²) in [4.78, 5) is 0. The summed E-state index contributed by atoms with van der Waals surface area (Å²) in [5.74, 6) is 0. The van der Waals surface area contributed by atoms with Crippen molar-refractivity contribution < 1.29 is 51.0 Å². The summed E-state index contributed by atoms with van der Waals surface area (Å²) in [5.41, 5.74) is 11.3. The monoisotopic (exact) mass is 656 g/mol. The third-order valence-corrected chi connectivity index (χ3v) is 8.57. The number of halogens is 2. The number of hydrogen-bond donors (Lipinski definition) is 0. The molecule has 0 unspecified atom stereocenters. The van der Waals surface area contributed by atoms with Gasteiger partial charge in [-0.15, -0.1) is 40.1 Å². The minimum absolute atomic E-state index is 0. The van der Waals surface area contributed by atoms with Gasteiger partial charge >= 0.3 is 26.2 Å². The minimum Gasteiger partial charge on any atom is -1.00 e. The second-order valence-corrected chi connectivity index (χ2v) is 12.6. The van der Waals surface area contributed by atoms with Crippen LogP contribution in [-0.2, 0) is 38.0 Å². The van der Waals surface area contributed by atoms with Crippen molar-refractivity contribution in [1.82, 2.24) is 0 Å². The normalized spacial score (nSPS) is 11.2. The first kappa shape index (κ1) is 34.4. The first-order valence-corrected chi connectivity index (χ1v) is 14.4. The second-order valence-electron chi connectivity index (χ2n) is 11.4. The zero-order chi connectivity index (χ0) is 26.2. The van der Waals surface area contributed by atoms with Crippen LogP contribution >= 0.6 is 0 Å². The summed E-state index contributed by atoms with van der Waals surface area (Å²) < 4.78 is 0. The molecule has 0 atom stereocenters. The second kappa shape index (κ2) is 14.4. The average molecular weight is 659 g/mol. The Balaban J connectivity index is 0.000000298. The zero-order valence-corrected chi connectivity index (χ0v) is 29.2. The smallest absolute Gasteiger partial charge is 1.00 e. The molecule has 0 amide bonds. The van der Waals surface area contributed by atoms with Gasteiger partial charge in [-0.25, -0.2) is 0 Å². The maximum Gasteiger partial charge on any atom is 4.00 e. The fourth-order valence-corrected chi connectivity index (χ4v) is 6.73. The van der Waals surface area contributed by atoms with Crippen LogP contribution in [0.1, 0.15) is 56.4 Å². The quantitative estimate of drug-likeness (QED) is 0.202. The molecule has 40 heavy (non-hydrogen) atoms. The van der Waals surface area contributed by atoms with Gasteiger partial charge in [0.25, 0.3) is 0 Å². The van der Waals surface area contributed by atoms with Gasteiger partial charge in [0.05, 0.1) is 9.52 Å². The van der Waals surface area contributed by atoms with Crippen molar-refractivity contribution in [2.75, 3.05) is 0 Å². The van der Waals surface area contributed by atoms with Crippen molar-refractivity contribution in [3.8, 4) is 22.3 Å². The van der Waals surface area contributed by atoms with Crippen molar-refractivity contribution in [2.24, 2.45) is 0 Å². The molecule has 202 valence electrons. The van der Waals surface area contributed by atoms with Gasteiger partial charge in [-0.2, -0.15) is 35.5 Å². The molecule has 1 heterocycles. The molecule has 5 aromatic rings. The number of benzene rings is 4. The van der Waals surface area contributed by atoms with Gasteiger partial charge in [-0.05, 0) is 31.2 Å². The minimum atomic E-state index is 0. The van der Waals surface area contributed by atoms with E-state index in [9.17, 15) is 0 Å². The summed E-state index contributed by atoms with van der Waals surface area (Å²) in [6.07, 6.45) is 2.31. The van der Waals surface area contributed by atoms with Crippen molar-refractivity contribution in [3.63, 3.8) is 0 Å². The Hall–Kier alpha value is -1.83. The molecule has 0 nitrogen and oxygen atoms in total. The predicted octanol–water partition coefficient (Wildman–Crippen LogP) is 2.22. The van der Waals surface area contributed by atoms with E-state index >= 15 is 0 Å². The van der Waals surface area contributed by atoms with E-state index in [1.807, 2.05) is 6.07 Å². The molecule has 4 heteroatoms. The molecule has 0 spiro atoms. The largest absolute Gasteiger partial charge is 4.00 e. The van der Waals surface area contributed by atoms with E-state index in [2.05, 4.69) is 126 Å². The number of fused-ring (bicyclic) bond motifs is 4. The van der Waals surface area contributed by atoms with E-state index in [1.165, 1.54) is 72.1 Å². The third kappa shape index (κ3) is 7.32. The molecule has 0 aromatic heterocycles. The molecule has 0 bridgehead atoms. The molecular formula is C36H36Cl2SiZr. The van der Waals surface area contributed by atoms with Crippen LogP contribution in [0.2, 0.25) is 0 Å². The molecular weight excluding hydrogens is 623 g/mol. The SMILES string of the molecule is CCCc1ccc2[cH-]c(C(C)(C)C)cc2c1-c1cc(C)cc(C)c1.[Cl-].[Cl-].[Zr+4].[c-]1cccc2c1[Si]c1ccccc1-2. The number of hydrogen-bond acceptors (Lipinski definition) is 0. The van der Waals surface area contributed by atoms with Gasteiger partial charge in [0.2, 0.25) is 0 Å². The molecule has 2 radical (unpaired) electrons. The van der Waals surface area contributed by atoms with Crippen LogP contribution in [0.5, 0.6) is 0 Å². The van der Waals surface area contributed by atoms with Gasteiger partial charge in [-0.3, -0.25) is 0 Å². The first-order valence-electron chi connectivity index (χ1n) is 13.4. The molecule has 0 saturated carbocycles. The van der Waals surface area contributed by atoms with Gasteiger partial charge in [0, 0.05) is 0 Å². The van der Waals surface area contributed by atoms with Crippen LogP contribution in [0.15, 0.2) is 84.9 Å². The Morgan fingerprint density at radius 1 is 0.825 bits per heavy atom. The molecule has 0 aliphatic carbocycles. The Morgan fingerprint density at radius 3 is 2.17 bits per heavy atom. The number of rotatable bonds is 3. The third-order valence-electron chi connectivity index (χ3n) is 7.21. The first-order chi connectivity index (χ1) is 17.7. The van der Waals surface area contributed by atoms with Crippen molar-refractivity contribution in [1.29, 1.82) is 0 Å². The molecule has 1 aliphatic rings. The van der Waals surface area contributed by atoms with Crippen molar-refractivity contribution >= 4 is 30.7 Å². The van der Waals surface area contributed by atoms with E-state index in [-0.39, 0.29) is 56.4 Å². The van der Waals surface area contributed by atoms with Gasteiger partial charge in [0.1, 0.15) is 0 Å². The van der Waals surface area contributed by atoms with E-state index in [0.717, 1.165) is 15.9 Å². The van der Waals surface area contributed by atoms with Gasteiger partial charge in [-0.1, -0.05) is 110 Å². The molecule has 6 rings (SSSR count). The Kier molecular flexibility index (Phi) is 12.3. The van der Waals surface area contributed by atoms with Crippen LogP contribution < -0.4 is 35.2 Å². The van der Waals surface area contributed by atoms with Crippen LogP contribution in [0.3, 0.4) is 0 Å². The fourth-order valence-electron chi connectivity index (χ4n) is 5.42. The van der Waals surface area contributed by atoms with Crippen LogP contribution in [-0.4, -0.2) is 9.52 Å². The predicted molar refractivity (Wildman–Crippen MR) is 163 cm³/mol. The van der Waals surface area contributed by atoms with Crippen LogP contribution in [0.4, 0.5) is 0 Å². The van der Waals surface area contributed by atoms with E-state index in [1.54, 1.807) is 0 Å². The summed E-state index contributed by atoms with van der Waals surface area (Å²) in [5, 5.41) is 5.61. The topological polar surface area (TPSA) is 0 Å². The zero-order valence-electron chi connectivity index (χ0n) is 24.3. The van der Waals surface area contributed by atoms with E-state index in [0.29, 0.717) is 0 Å². The maximum absolute atomic E-state index is 3.31. The molecule has 5 aromatic carbocycles. The Bertz CT molecular complexity index is 1510. The molecule has 1 aliphatic heterocycles. The van der Waals surface area contributed by atoms with Crippen molar-refractivity contribution in [2.45, 2.75) is 59.8 Å². The molecule has 0 fully saturated rings. The fraction of sp³-hybridized carbons (Fsp3) is 0.250. The van der Waals surface area contributed by atoms with Gasteiger partial charge in [0.15, 0.2) is 0 Å². The maximum atomic E-state index is 3.31. The summed E-state index contributed by atoms with van der Waals surface area (Å²) in [6.45, 7) is 13.5. The average Bonchev–Trinajstić information content (AvgIpc) is 3.46. The summed E-state index contributed by atoms with van der Waals surface area (Å²) in [7, 11) is 0.795. The number of aryl methyl sites for hydroxylation is 3. The Morgan fingerprint density at radius 2 is 1.50 bits per heavy atom. The van der Waals surface area contributed by atoms with Crippen LogP contribution in [0, 0.1) is 19.9 Å². The Labute approximate surface area is 275 Å². The van der Waals surface area contributed by atoms with Crippen LogP contribution in [0.25, 0.3) is 33.0 Å². The van der Waals surface area contributed by atoms with Crippen molar-refractivity contribution in [3.05, 3.63) is 113 Å².